The second-order valence-corrected chi connectivity index (χ2v) is 7.81. The van der Waals surface area contributed by atoms with E-state index < -0.39 is 0 Å². The fraction of sp³-hybridized carbons (Fsp3) is 0.333. The van der Waals surface area contributed by atoms with Gasteiger partial charge in [0.05, 0.1) is 20.3 Å². The number of fused-ring (bicyclic) bond motifs is 1. The Morgan fingerprint density at radius 1 is 0.935 bits per heavy atom. The Morgan fingerprint density at radius 2 is 1.61 bits per heavy atom. The summed E-state index contributed by atoms with van der Waals surface area (Å²) in [6, 6.07) is 15.9. The molecule has 0 amide bonds. The summed E-state index contributed by atoms with van der Waals surface area (Å²) in [5.41, 5.74) is 3.58. The molecule has 162 valence electrons. The van der Waals surface area contributed by atoms with E-state index in [-0.39, 0.29) is 17.3 Å². The normalized spacial score (nSPS) is 16.1. The van der Waals surface area contributed by atoms with E-state index in [2.05, 4.69) is 23.1 Å². The molecular weight excluding hydrogens is 394 g/mol. The summed E-state index contributed by atoms with van der Waals surface area (Å²) in [5, 5.41) is 0. The Labute approximate surface area is 181 Å². The SMILES string of the molecule is COc1cc2c(cc1OC)[C@H](c1ccccc1)N(Cc1cc(=O)n(C)c(=O)n1C)CC2. The predicted octanol–water partition coefficient (Wildman–Crippen LogP) is 2.25. The molecule has 1 aliphatic rings. The topological polar surface area (TPSA) is 65.7 Å². The third kappa shape index (κ3) is 3.77. The second-order valence-electron chi connectivity index (χ2n) is 7.81. The van der Waals surface area contributed by atoms with Gasteiger partial charge in [0.2, 0.25) is 0 Å². The van der Waals surface area contributed by atoms with Crippen LogP contribution >= 0.6 is 0 Å². The highest BCUT2D eigenvalue weighted by Gasteiger charge is 2.31. The monoisotopic (exact) mass is 421 g/mol. The molecule has 0 saturated carbocycles. The molecule has 7 heteroatoms. The van der Waals surface area contributed by atoms with Gasteiger partial charge in [-0.1, -0.05) is 30.3 Å². The molecule has 0 radical (unpaired) electrons. The Bertz CT molecular complexity index is 1210. The average molecular weight is 421 g/mol. The maximum absolute atomic E-state index is 12.4. The molecular formula is C24H27N3O4. The van der Waals surface area contributed by atoms with Crippen LogP contribution in [0, 0.1) is 0 Å². The lowest BCUT2D eigenvalue weighted by Gasteiger charge is -2.38. The molecule has 0 saturated heterocycles. The molecule has 0 spiro atoms. The van der Waals surface area contributed by atoms with Gasteiger partial charge in [0.25, 0.3) is 5.56 Å². The summed E-state index contributed by atoms with van der Waals surface area (Å²) >= 11 is 0. The van der Waals surface area contributed by atoms with Crippen molar-refractivity contribution in [2.75, 3.05) is 20.8 Å². The number of methoxy groups -OCH3 is 2. The molecule has 0 fully saturated rings. The van der Waals surface area contributed by atoms with Crippen molar-refractivity contribution in [1.29, 1.82) is 0 Å². The van der Waals surface area contributed by atoms with Crippen LogP contribution in [0.4, 0.5) is 0 Å². The van der Waals surface area contributed by atoms with Crippen LogP contribution in [0.5, 0.6) is 11.5 Å². The molecule has 0 unspecified atom stereocenters. The van der Waals surface area contributed by atoms with E-state index >= 15 is 0 Å². The summed E-state index contributed by atoms with van der Waals surface area (Å²) in [6.07, 6.45) is 0.831. The van der Waals surface area contributed by atoms with Crippen molar-refractivity contribution in [2.45, 2.75) is 19.0 Å². The largest absolute Gasteiger partial charge is 0.493 e. The number of aromatic nitrogens is 2. The van der Waals surface area contributed by atoms with Gasteiger partial charge in [0.15, 0.2) is 11.5 Å². The van der Waals surface area contributed by atoms with Crippen molar-refractivity contribution < 1.29 is 9.47 Å². The lowest BCUT2D eigenvalue weighted by molar-refractivity contribution is 0.198. The molecule has 1 aliphatic heterocycles. The van der Waals surface area contributed by atoms with Gasteiger partial charge in [0, 0.05) is 38.9 Å². The van der Waals surface area contributed by atoms with Gasteiger partial charge >= 0.3 is 5.69 Å². The van der Waals surface area contributed by atoms with Crippen LogP contribution in [0.25, 0.3) is 0 Å². The van der Waals surface area contributed by atoms with Gasteiger partial charge in [-0.2, -0.15) is 0 Å². The minimum absolute atomic E-state index is 0.0380. The molecule has 1 atom stereocenters. The van der Waals surface area contributed by atoms with Gasteiger partial charge in [-0.25, -0.2) is 4.79 Å². The Balaban J connectivity index is 1.83. The van der Waals surface area contributed by atoms with Gasteiger partial charge < -0.3 is 9.47 Å². The van der Waals surface area contributed by atoms with Crippen molar-refractivity contribution in [3.8, 4) is 11.5 Å². The van der Waals surface area contributed by atoms with Gasteiger partial charge in [-0.05, 0) is 35.2 Å². The van der Waals surface area contributed by atoms with Crippen molar-refractivity contribution in [3.63, 3.8) is 0 Å². The number of hydrogen-bond acceptors (Lipinski definition) is 5. The number of rotatable bonds is 5. The van der Waals surface area contributed by atoms with Crippen LogP contribution < -0.4 is 20.7 Å². The standard InChI is InChI=1S/C24H27N3O4/c1-25-18(13-22(28)26(2)24(25)29)15-27-11-10-17-12-20(30-3)21(31-4)14-19(17)23(27)16-8-6-5-7-9-16/h5-9,12-14,23H,10-11,15H2,1-4H3/t23-/m0/s1. The van der Waals surface area contributed by atoms with Crippen LogP contribution in [0.2, 0.25) is 0 Å². The van der Waals surface area contributed by atoms with Crippen LogP contribution in [0.15, 0.2) is 58.1 Å². The molecule has 4 rings (SSSR count). The average Bonchev–Trinajstić information content (AvgIpc) is 2.80. The lowest BCUT2D eigenvalue weighted by Crippen LogP contribution is -2.41. The number of benzene rings is 2. The van der Waals surface area contributed by atoms with Crippen molar-refractivity contribution in [3.05, 3.63) is 91.8 Å². The fourth-order valence-electron chi connectivity index (χ4n) is 4.33. The third-order valence-electron chi connectivity index (χ3n) is 6.08. The van der Waals surface area contributed by atoms with Gasteiger partial charge in [-0.3, -0.25) is 18.8 Å². The van der Waals surface area contributed by atoms with Crippen LogP contribution in [-0.2, 0) is 27.1 Å². The van der Waals surface area contributed by atoms with E-state index in [1.54, 1.807) is 31.9 Å². The first-order chi connectivity index (χ1) is 14.9. The highest BCUT2D eigenvalue weighted by atomic mass is 16.5. The van der Waals surface area contributed by atoms with E-state index in [1.807, 2.05) is 24.3 Å². The highest BCUT2D eigenvalue weighted by molar-refractivity contribution is 5.51. The van der Waals surface area contributed by atoms with Crippen molar-refractivity contribution in [1.82, 2.24) is 14.0 Å². The Morgan fingerprint density at radius 3 is 2.29 bits per heavy atom. The molecule has 7 nitrogen and oxygen atoms in total. The Hall–Kier alpha value is -3.32. The zero-order valence-electron chi connectivity index (χ0n) is 18.3. The fourth-order valence-corrected chi connectivity index (χ4v) is 4.33. The first-order valence-electron chi connectivity index (χ1n) is 10.2. The summed E-state index contributed by atoms with van der Waals surface area (Å²) < 4.78 is 13.8. The predicted molar refractivity (Wildman–Crippen MR) is 119 cm³/mol. The summed E-state index contributed by atoms with van der Waals surface area (Å²) in [5.74, 6) is 1.40. The summed E-state index contributed by atoms with van der Waals surface area (Å²) in [7, 11) is 6.49. The molecule has 0 bridgehead atoms. The maximum Gasteiger partial charge on any atom is 0.330 e. The minimum atomic E-state index is -0.317. The van der Waals surface area contributed by atoms with Crippen LogP contribution in [-0.4, -0.2) is 34.8 Å². The van der Waals surface area contributed by atoms with E-state index in [0.29, 0.717) is 18.0 Å². The van der Waals surface area contributed by atoms with Crippen molar-refractivity contribution >= 4 is 0 Å². The molecule has 31 heavy (non-hydrogen) atoms. The first-order valence-corrected chi connectivity index (χ1v) is 10.2. The van der Waals surface area contributed by atoms with Crippen LogP contribution in [0.3, 0.4) is 0 Å². The third-order valence-corrected chi connectivity index (χ3v) is 6.08. The maximum atomic E-state index is 12.4. The summed E-state index contributed by atoms with van der Waals surface area (Å²) in [4.78, 5) is 27.0. The number of ether oxygens (including phenoxy) is 2. The molecule has 0 N–H and O–H groups in total. The van der Waals surface area contributed by atoms with Gasteiger partial charge in [-0.15, -0.1) is 0 Å². The Kier molecular flexibility index (Phi) is 5.69. The molecule has 2 aromatic carbocycles. The number of nitrogens with zero attached hydrogens (tertiary/aromatic N) is 3. The molecule has 3 aromatic rings. The lowest BCUT2D eigenvalue weighted by atomic mass is 9.87. The van der Waals surface area contributed by atoms with Gasteiger partial charge in [0.1, 0.15) is 0 Å². The first kappa shape index (κ1) is 20.9. The second kappa shape index (κ2) is 8.43. The smallest absolute Gasteiger partial charge is 0.330 e. The zero-order chi connectivity index (χ0) is 22.1. The zero-order valence-corrected chi connectivity index (χ0v) is 18.3. The van der Waals surface area contributed by atoms with Crippen molar-refractivity contribution in [2.24, 2.45) is 14.1 Å². The number of hydrogen-bond donors (Lipinski definition) is 0. The van der Waals surface area contributed by atoms with E-state index in [9.17, 15) is 9.59 Å². The van der Waals surface area contributed by atoms with Crippen LogP contribution in [0.1, 0.15) is 28.4 Å². The van der Waals surface area contributed by atoms with E-state index in [0.717, 1.165) is 34.4 Å². The van der Waals surface area contributed by atoms with E-state index in [1.165, 1.54) is 12.6 Å². The van der Waals surface area contributed by atoms with E-state index in [4.69, 9.17) is 9.47 Å². The quantitative estimate of drug-likeness (QED) is 0.632. The molecule has 2 heterocycles. The highest BCUT2D eigenvalue weighted by Crippen LogP contribution is 2.41. The minimum Gasteiger partial charge on any atom is -0.493 e. The summed E-state index contributed by atoms with van der Waals surface area (Å²) in [6.45, 7) is 1.26. The molecule has 0 aliphatic carbocycles. The molecule has 1 aromatic heterocycles.